The van der Waals surface area contributed by atoms with Gasteiger partial charge in [0.25, 0.3) is 5.91 Å². The topological polar surface area (TPSA) is 70.9 Å². The summed E-state index contributed by atoms with van der Waals surface area (Å²) in [4.78, 5) is 11.5. The Morgan fingerprint density at radius 3 is 2.57 bits per heavy atom. The van der Waals surface area contributed by atoms with E-state index < -0.39 is 0 Å². The van der Waals surface area contributed by atoms with Gasteiger partial charge in [-0.05, 0) is 43.4 Å². The molecule has 1 aromatic rings. The van der Waals surface area contributed by atoms with Crippen molar-refractivity contribution in [3.8, 4) is 5.75 Å². The van der Waals surface area contributed by atoms with E-state index in [-0.39, 0.29) is 12.5 Å². The van der Waals surface area contributed by atoms with Crippen molar-refractivity contribution in [2.45, 2.75) is 33.6 Å². The van der Waals surface area contributed by atoms with Gasteiger partial charge in [-0.25, -0.2) is 0 Å². The van der Waals surface area contributed by atoms with E-state index in [1.165, 1.54) is 0 Å². The number of ether oxygens (including phenoxy) is 1. The summed E-state index contributed by atoms with van der Waals surface area (Å²) < 4.78 is 5.43. The lowest BCUT2D eigenvalue weighted by Crippen LogP contribution is -2.31. The number of carbonyl (C=O) groups is 1. The summed E-state index contributed by atoms with van der Waals surface area (Å²) in [6, 6.07) is 7.59. The van der Waals surface area contributed by atoms with Crippen LogP contribution in [0.5, 0.6) is 5.75 Å². The first-order chi connectivity index (χ1) is 10.0. The molecule has 116 valence electrons. The SMILES string of the molecule is C/C(CCc1ccc(OCC(=O)NCC(C)C)cc1)=N\O. The van der Waals surface area contributed by atoms with Gasteiger partial charge in [-0.3, -0.25) is 4.79 Å². The van der Waals surface area contributed by atoms with Crippen molar-refractivity contribution in [1.82, 2.24) is 5.32 Å². The minimum atomic E-state index is -0.109. The maximum absolute atomic E-state index is 11.5. The van der Waals surface area contributed by atoms with E-state index in [0.717, 1.165) is 12.0 Å². The summed E-state index contributed by atoms with van der Waals surface area (Å²) in [7, 11) is 0. The third-order valence-corrected chi connectivity index (χ3v) is 2.95. The molecule has 21 heavy (non-hydrogen) atoms. The molecule has 5 nitrogen and oxygen atoms in total. The molecule has 0 fully saturated rings. The first-order valence-electron chi connectivity index (χ1n) is 7.17. The van der Waals surface area contributed by atoms with Gasteiger partial charge in [0, 0.05) is 6.54 Å². The first-order valence-corrected chi connectivity index (χ1v) is 7.17. The van der Waals surface area contributed by atoms with E-state index in [1.54, 1.807) is 6.92 Å². The number of carbonyl (C=O) groups excluding carboxylic acids is 1. The molecule has 0 heterocycles. The van der Waals surface area contributed by atoms with Crippen LogP contribution in [0, 0.1) is 5.92 Å². The smallest absolute Gasteiger partial charge is 0.257 e. The average molecular weight is 292 g/mol. The number of benzene rings is 1. The molecule has 1 amide bonds. The van der Waals surface area contributed by atoms with E-state index in [4.69, 9.17) is 9.94 Å². The summed E-state index contributed by atoms with van der Waals surface area (Å²) in [5, 5.41) is 14.5. The lowest BCUT2D eigenvalue weighted by atomic mass is 10.1. The van der Waals surface area contributed by atoms with E-state index in [9.17, 15) is 4.79 Å². The van der Waals surface area contributed by atoms with Crippen LogP contribution in [0.25, 0.3) is 0 Å². The van der Waals surface area contributed by atoms with Crippen LogP contribution in [0.15, 0.2) is 29.4 Å². The maximum atomic E-state index is 11.5. The van der Waals surface area contributed by atoms with E-state index in [2.05, 4.69) is 10.5 Å². The highest BCUT2D eigenvalue weighted by atomic mass is 16.5. The second-order valence-electron chi connectivity index (χ2n) is 5.47. The fraction of sp³-hybridized carbons (Fsp3) is 0.500. The molecule has 0 spiro atoms. The minimum absolute atomic E-state index is 0.0301. The third kappa shape index (κ3) is 7.34. The largest absolute Gasteiger partial charge is 0.484 e. The monoisotopic (exact) mass is 292 g/mol. The zero-order valence-electron chi connectivity index (χ0n) is 12.9. The number of amides is 1. The lowest BCUT2D eigenvalue weighted by Gasteiger charge is -2.09. The highest BCUT2D eigenvalue weighted by Crippen LogP contribution is 2.13. The lowest BCUT2D eigenvalue weighted by molar-refractivity contribution is -0.123. The van der Waals surface area contributed by atoms with Gasteiger partial charge in [0.1, 0.15) is 5.75 Å². The summed E-state index contributed by atoms with van der Waals surface area (Å²) in [5.41, 5.74) is 1.84. The third-order valence-electron chi connectivity index (χ3n) is 2.95. The minimum Gasteiger partial charge on any atom is -0.484 e. The molecule has 0 saturated carbocycles. The van der Waals surface area contributed by atoms with E-state index >= 15 is 0 Å². The summed E-state index contributed by atoms with van der Waals surface area (Å²) >= 11 is 0. The van der Waals surface area contributed by atoms with Gasteiger partial charge < -0.3 is 15.3 Å². The van der Waals surface area contributed by atoms with Crippen molar-refractivity contribution in [2.24, 2.45) is 11.1 Å². The number of aryl methyl sites for hydroxylation is 1. The van der Waals surface area contributed by atoms with Crippen LogP contribution in [0.2, 0.25) is 0 Å². The van der Waals surface area contributed by atoms with Crippen molar-refractivity contribution in [3.05, 3.63) is 29.8 Å². The maximum Gasteiger partial charge on any atom is 0.257 e. The number of hydrogen-bond acceptors (Lipinski definition) is 4. The second-order valence-corrected chi connectivity index (χ2v) is 5.47. The molecule has 0 aliphatic carbocycles. The van der Waals surface area contributed by atoms with Crippen LogP contribution in [0.3, 0.4) is 0 Å². The predicted molar refractivity (Wildman–Crippen MR) is 83.0 cm³/mol. The number of nitrogens with zero attached hydrogens (tertiary/aromatic N) is 1. The Morgan fingerprint density at radius 2 is 2.00 bits per heavy atom. The summed E-state index contributed by atoms with van der Waals surface area (Å²) in [5.74, 6) is 0.993. The molecule has 0 aliphatic heterocycles. The van der Waals surface area contributed by atoms with Gasteiger partial charge in [-0.1, -0.05) is 31.1 Å². The molecular weight excluding hydrogens is 268 g/mol. The van der Waals surface area contributed by atoms with Gasteiger partial charge >= 0.3 is 0 Å². The Kier molecular flexibility index (Phi) is 7.29. The Hall–Kier alpha value is -2.04. The van der Waals surface area contributed by atoms with Gasteiger partial charge in [0.05, 0.1) is 5.71 Å². The molecule has 0 unspecified atom stereocenters. The molecular formula is C16H24N2O3. The number of hydrogen-bond donors (Lipinski definition) is 2. The number of rotatable bonds is 8. The number of nitrogens with one attached hydrogen (secondary N) is 1. The molecule has 0 aromatic heterocycles. The fourth-order valence-electron chi connectivity index (χ4n) is 1.65. The molecule has 0 bridgehead atoms. The molecule has 1 aromatic carbocycles. The fourth-order valence-corrected chi connectivity index (χ4v) is 1.65. The van der Waals surface area contributed by atoms with Crippen molar-refractivity contribution in [1.29, 1.82) is 0 Å². The van der Waals surface area contributed by atoms with Crippen LogP contribution in [-0.4, -0.2) is 30.0 Å². The van der Waals surface area contributed by atoms with Crippen LogP contribution in [-0.2, 0) is 11.2 Å². The van der Waals surface area contributed by atoms with Gasteiger partial charge in [-0.2, -0.15) is 0 Å². The molecule has 0 aliphatic rings. The highest BCUT2D eigenvalue weighted by Gasteiger charge is 2.04. The Balaban J connectivity index is 2.35. The molecule has 5 heteroatoms. The molecule has 0 atom stereocenters. The van der Waals surface area contributed by atoms with Crippen molar-refractivity contribution in [2.75, 3.05) is 13.2 Å². The molecule has 1 rings (SSSR count). The average Bonchev–Trinajstić information content (AvgIpc) is 2.49. The summed E-state index contributed by atoms with van der Waals surface area (Å²) in [6.45, 7) is 6.56. The quantitative estimate of drug-likeness (QED) is 0.439. The van der Waals surface area contributed by atoms with Crippen LogP contribution in [0.1, 0.15) is 32.8 Å². The van der Waals surface area contributed by atoms with E-state index in [0.29, 0.717) is 30.3 Å². The number of oxime groups is 1. The van der Waals surface area contributed by atoms with Crippen LogP contribution < -0.4 is 10.1 Å². The molecule has 2 N–H and O–H groups in total. The Labute approximate surface area is 126 Å². The Bertz CT molecular complexity index is 467. The Morgan fingerprint density at radius 1 is 1.33 bits per heavy atom. The van der Waals surface area contributed by atoms with Crippen LogP contribution in [0.4, 0.5) is 0 Å². The van der Waals surface area contributed by atoms with Crippen molar-refractivity contribution < 1.29 is 14.7 Å². The highest BCUT2D eigenvalue weighted by molar-refractivity contribution is 5.81. The molecule has 0 radical (unpaired) electrons. The summed E-state index contributed by atoms with van der Waals surface area (Å²) in [6.07, 6.45) is 1.53. The normalized spacial score (nSPS) is 11.5. The van der Waals surface area contributed by atoms with Gasteiger partial charge in [0.15, 0.2) is 6.61 Å². The zero-order valence-corrected chi connectivity index (χ0v) is 12.9. The van der Waals surface area contributed by atoms with E-state index in [1.807, 2.05) is 38.1 Å². The van der Waals surface area contributed by atoms with Gasteiger partial charge in [0.2, 0.25) is 0 Å². The van der Waals surface area contributed by atoms with Gasteiger partial charge in [-0.15, -0.1) is 0 Å². The van der Waals surface area contributed by atoms with Crippen molar-refractivity contribution >= 4 is 11.6 Å². The first kappa shape index (κ1) is 17.0. The second kappa shape index (κ2) is 9.00. The van der Waals surface area contributed by atoms with Crippen molar-refractivity contribution in [3.63, 3.8) is 0 Å². The molecule has 0 saturated heterocycles. The van der Waals surface area contributed by atoms with Crippen LogP contribution >= 0.6 is 0 Å². The zero-order chi connectivity index (χ0) is 15.7. The predicted octanol–water partition coefficient (Wildman–Crippen LogP) is 2.62. The standard InChI is InChI=1S/C16H24N2O3/c1-12(2)10-17-16(19)11-21-15-8-6-14(7-9-15)5-4-13(3)18-20/h6-9,12,20H,4-5,10-11H2,1-3H3,(H,17,19)/b18-13+.